The molecule has 2 N–H and O–H groups in total. The highest BCUT2D eigenvalue weighted by Gasteiger charge is 2.10. The summed E-state index contributed by atoms with van der Waals surface area (Å²) in [5, 5.41) is 12.8. The van der Waals surface area contributed by atoms with E-state index in [2.05, 4.69) is 30.8 Å². The Morgan fingerprint density at radius 3 is 2.83 bits per heavy atom. The summed E-state index contributed by atoms with van der Waals surface area (Å²) in [6.45, 7) is 0. The Bertz CT molecular complexity index is 562. The summed E-state index contributed by atoms with van der Waals surface area (Å²) in [7, 11) is 1.69. The standard InChI is InChI=1S/C10H9ClN6O/c1-12-8-5-6(4-7(11)15-8)9(18)16-10-13-2-3-14-17-10/h2-5H,1H3,(H,12,15)(H,13,16,17,18). The molecule has 0 bridgehead atoms. The van der Waals surface area contributed by atoms with Gasteiger partial charge in [-0.2, -0.15) is 5.10 Å². The molecule has 18 heavy (non-hydrogen) atoms. The van der Waals surface area contributed by atoms with Gasteiger partial charge in [-0.1, -0.05) is 11.6 Å². The van der Waals surface area contributed by atoms with E-state index in [1.807, 2.05) is 0 Å². The Morgan fingerprint density at radius 2 is 2.17 bits per heavy atom. The zero-order valence-corrected chi connectivity index (χ0v) is 10.1. The van der Waals surface area contributed by atoms with E-state index in [1.54, 1.807) is 13.1 Å². The van der Waals surface area contributed by atoms with Gasteiger partial charge in [-0.3, -0.25) is 10.1 Å². The largest absolute Gasteiger partial charge is 0.373 e. The predicted molar refractivity (Wildman–Crippen MR) is 66.6 cm³/mol. The number of nitrogens with one attached hydrogen (secondary N) is 2. The minimum absolute atomic E-state index is 0.126. The van der Waals surface area contributed by atoms with E-state index in [0.29, 0.717) is 11.4 Å². The molecule has 0 spiro atoms. The van der Waals surface area contributed by atoms with Crippen LogP contribution in [-0.2, 0) is 0 Å². The fraction of sp³-hybridized carbons (Fsp3) is 0.100. The van der Waals surface area contributed by atoms with Crippen LogP contribution in [0.15, 0.2) is 24.5 Å². The van der Waals surface area contributed by atoms with Crippen LogP contribution in [-0.4, -0.2) is 33.1 Å². The molecule has 0 saturated carbocycles. The number of nitrogens with zero attached hydrogens (tertiary/aromatic N) is 4. The van der Waals surface area contributed by atoms with Gasteiger partial charge in [-0.05, 0) is 12.1 Å². The Kier molecular flexibility index (Phi) is 3.63. The number of rotatable bonds is 3. The van der Waals surface area contributed by atoms with Crippen molar-refractivity contribution in [1.82, 2.24) is 20.2 Å². The van der Waals surface area contributed by atoms with Crippen molar-refractivity contribution in [3.8, 4) is 0 Å². The summed E-state index contributed by atoms with van der Waals surface area (Å²) in [5.41, 5.74) is 0.354. The number of aromatic nitrogens is 4. The summed E-state index contributed by atoms with van der Waals surface area (Å²) in [5.74, 6) is 0.241. The van der Waals surface area contributed by atoms with Gasteiger partial charge >= 0.3 is 0 Å². The van der Waals surface area contributed by atoms with Crippen molar-refractivity contribution in [2.45, 2.75) is 0 Å². The van der Waals surface area contributed by atoms with E-state index < -0.39 is 0 Å². The minimum atomic E-state index is -0.385. The lowest BCUT2D eigenvalue weighted by Gasteiger charge is -2.05. The van der Waals surface area contributed by atoms with Gasteiger partial charge in [0.05, 0.1) is 12.4 Å². The lowest BCUT2D eigenvalue weighted by Crippen LogP contribution is -2.15. The summed E-state index contributed by atoms with van der Waals surface area (Å²) in [4.78, 5) is 19.7. The maximum atomic E-state index is 11.9. The Morgan fingerprint density at radius 1 is 1.33 bits per heavy atom. The second-order valence-corrected chi connectivity index (χ2v) is 3.62. The summed E-state index contributed by atoms with van der Waals surface area (Å²) in [6, 6.07) is 3.02. The molecule has 92 valence electrons. The Hall–Kier alpha value is -2.28. The molecule has 0 unspecified atom stereocenters. The Labute approximate surface area is 108 Å². The summed E-state index contributed by atoms with van der Waals surface area (Å²) < 4.78 is 0. The van der Waals surface area contributed by atoms with Crippen LogP contribution in [0.4, 0.5) is 11.8 Å². The molecule has 2 aromatic rings. The maximum absolute atomic E-state index is 11.9. The highest BCUT2D eigenvalue weighted by atomic mass is 35.5. The number of carbonyl (C=O) groups excluding carboxylic acids is 1. The first-order chi connectivity index (χ1) is 8.69. The van der Waals surface area contributed by atoms with E-state index in [0.717, 1.165) is 0 Å². The van der Waals surface area contributed by atoms with Gasteiger partial charge in [0, 0.05) is 12.6 Å². The molecule has 0 aliphatic heterocycles. The van der Waals surface area contributed by atoms with Gasteiger partial charge in [0.2, 0.25) is 5.95 Å². The average Bonchev–Trinajstić information content (AvgIpc) is 2.39. The molecule has 0 radical (unpaired) electrons. The zero-order valence-electron chi connectivity index (χ0n) is 9.38. The molecule has 2 heterocycles. The number of amides is 1. The van der Waals surface area contributed by atoms with Crippen molar-refractivity contribution in [3.63, 3.8) is 0 Å². The van der Waals surface area contributed by atoms with Crippen LogP contribution in [0.2, 0.25) is 5.15 Å². The van der Waals surface area contributed by atoms with Crippen LogP contribution in [0.3, 0.4) is 0 Å². The first-order valence-electron chi connectivity index (χ1n) is 4.99. The molecule has 0 aliphatic carbocycles. The van der Waals surface area contributed by atoms with Gasteiger partial charge in [-0.25, -0.2) is 9.97 Å². The van der Waals surface area contributed by atoms with Crippen LogP contribution in [0, 0.1) is 0 Å². The smallest absolute Gasteiger partial charge is 0.258 e. The van der Waals surface area contributed by atoms with E-state index in [-0.39, 0.29) is 17.0 Å². The van der Waals surface area contributed by atoms with Gasteiger partial charge in [-0.15, -0.1) is 5.10 Å². The number of carbonyl (C=O) groups is 1. The molecule has 0 aromatic carbocycles. The van der Waals surface area contributed by atoms with Crippen molar-refractivity contribution in [1.29, 1.82) is 0 Å². The predicted octanol–water partition coefficient (Wildman–Crippen LogP) is 1.21. The van der Waals surface area contributed by atoms with Crippen LogP contribution in [0.25, 0.3) is 0 Å². The van der Waals surface area contributed by atoms with Crippen molar-refractivity contribution in [2.75, 3.05) is 17.7 Å². The average molecular weight is 265 g/mol. The van der Waals surface area contributed by atoms with E-state index in [4.69, 9.17) is 11.6 Å². The van der Waals surface area contributed by atoms with Crippen LogP contribution >= 0.6 is 11.6 Å². The number of pyridine rings is 1. The molecule has 0 saturated heterocycles. The van der Waals surface area contributed by atoms with Gasteiger partial charge in [0.15, 0.2) is 0 Å². The van der Waals surface area contributed by atoms with Crippen molar-refractivity contribution >= 4 is 29.3 Å². The second kappa shape index (κ2) is 5.37. The lowest BCUT2D eigenvalue weighted by molar-refractivity contribution is 0.102. The molecule has 7 nitrogen and oxygen atoms in total. The third kappa shape index (κ3) is 2.89. The number of anilines is 2. The quantitative estimate of drug-likeness (QED) is 0.810. The lowest BCUT2D eigenvalue weighted by atomic mass is 10.2. The van der Waals surface area contributed by atoms with Crippen LogP contribution in [0.5, 0.6) is 0 Å². The van der Waals surface area contributed by atoms with Crippen LogP contribution in [0.1, 0.15) is 10.4 Å². The molecule has 2 rings (SSSR count). The Balaban J connectivity index is 2.21. The third-order valence-corrected chi connectivity index (χ3v) is 2.21. The van der Waals surface area contributed by atoms with E-state index in [9.17, 15) is 4.79 Å². The third-order valence-electron chi connectivity index (χ3n) is 2.02. The number of halogens is 1. The molecule has 1 amide bonds. The number of hydrogen-bond donors (Lipinski definition) is 2. The van der Waals surface area contributed by atoms with Crippen molar-refractivity contribution in [3.05, 3.63) is 35.2 Å². The van der Waals surface area contributed by atoms with E-state index in [1.165, 1.54) is 18.5 Å². The van der Waals surface area contributed by atoms with Gasteiger partial charge < -0.3 is 5.32 Å². The topological polar surface area (TPSA) is 92.7 Å². The highest BCUT2D eigenvalue weighted by molar-refractivity contribution is 6.30. The minimum Gasteiger partial charge on any atom is -0.373 e. The van der Waals surface area contributed by atoms with Crippen molar-refractivity contribution < 1.29 is 4.79 Å². The summed E-state index contributed by atoms with van der Waals surface area (Å²) in [6.07, 6.45) is 2.85. The molecular formula is C10H9ClN6O. The van der Waals surface area contributed by atoms with Crippen molar-refractivity contribution in [2.24, 2.45) is 0 Å². The first kappa shape index (κ1) is 12.2. The normalized spacial score (nSPS) is 9.89. The molecule has 0 fully saturated rings. The molecule has 0 atom stereocenters. The SMILES string of the molecule is CNc1cc(C(=O)Nc2nccnn2)cc(Cl)n1. The molecular weight excluding hydrogens is 256 g/mol. The summed E-state index contributed by atoms with van der Waals surface area (Å²) >= 11 is 5.80. The zero-order chi connectivity index (χ0) is 13.0. The molecule has 2 aromatic heterocycles. The second-order valence-electron chi connectivity index (χ2n) is 3.23. The first-order valence-corrected chi connectivity index (χ1v) is 5.37. The number of hydrogen-bond acceptors (Lipinski definition) is 6. The van der Waals surface area contributed by atoms with Gasteiger partial charge in [0.1, 0.15) is 11.0 Å². The van der Waals surface area contributed by atoms with Gasteiger partial charge in [0.25, 0.3) is 5.91 Å². The van der Waals surface area contributed by atoms with E-state index >= 15 is 0 Å². The fourth-order valence-corrected chi connectivity index (χ4v) is 1.44. The fourth-order valence-electron chi connectivity index (χ4n) is 1.23. The molecule has 8 heteroatoms. The maximum Gasteiger partial charge on any atom is 0.258 e. The van der Waals surface area contributed by atoms with Crippen LogP contribution < -0.4 is 10.6 Å². The highest BCUT2D eigenvalue weighted by Crippen LogP contribution is 2.14. The molecule has 0 aliphatic rings. The monoisotopic (exact) mass is 264 g/mol.